The number of hydrogen-bond donors (Lipinski definition) is 2. The molecule has 0 amide bonds. The second kappa shape index (κ2) is 5.25. The minimum absolute atomic E-state index is 0.0692. The van der Waals surface area contributed by atoms with E-state index in [1.54, 1.807) is 0 Å². The summed E-state index contributed by atoms with van der Waals surface area (Å²) in [7, 11) is 0. The van der Waals surface area contributed by atoms with Gasteiger partial charge in [0.05, 0.1) is 6.61 Å². The molecule has 84 valence electrons. The molecule has 0 fully saturated rings. The highest BCUT2D eigenvalue weighted by atomic mass is 35.5. The average Bonchev–Trinajstić information content (AvgIpc) is 2.76. The predicted octanol–water partition coefficient (Wildman–Crippen LogP) is 2.30. The van der Waals surface area contributed by atoms with E-state index in [0.29, 0.717) is 16.7 Å². The molecule has 0 unspecified atom stereocenters. The van der Waals surface area contributed by atoms with Crippen molar-refractivity contribution in [2.75, 3.05) is 5.32 Å². The first-order chi connectivity index (χ1) is 7.78. The largest absolute Gasteiger partial charge is 0.389 e. The zero-order valence-electron chi connectivity index (χ0n) is 8.35. The van der Waals surface area contributed by atoms with Crippen molar-refractivity contribution in [1.29, 1.82) is 0 Å². The van der Waals surface area contributed by atoms with Crippen LogP contribution in [0.25, 0.3) is 0 Å². The molecule has 0 atom stereocenters. The summed E-state index contributed by atoms with van der Waals surface area (Å²) in [5, 5.41) is 21.7. The number of benzene rings is 1. The van der Waals surface area contributed by atoms with Crippen molar-refractivity contribution in [3.8, 4) is 0 Å². The summed E-state index contributed by atoms with van der Waals surface area (Å²) in [5.74, 6) is 0. The molecule has 0 aliphatic rings. The van der Waals surface area contributed by atoms with E-state index >= 15 is 0 Å². The molecule has 2 aromatic rings. The highest BCUT2D eigenvalue weighted by Gasteiger charge is 2.02. The van der Waals surface area contributed by atoms with E-state index in [1.807, 2.05) is 24.3 Å². The lowest BCUT2D eigenvalue weighted by atomic mass is 10.2. The zero-order valence-corrected chi connectivity index (χ0v) is 9.92. The fourth-order valence-corrected chi connectivity index (χ4v) is 1.89. The van der Waals surface area contributed by atoms with Crippen molar-refractivity contribution in [3.05, 3.63) is 39.9 Å². The van der Waals surface area contributed by atoms with Crippen LogP contribution < -0.4 is 5.32 Å². The Bertz CT molecular complexity index is 457. The maximum atomic E-state index is 8.83. The molecular formula is C10H10ClN3OS. The summed E-state index contributed by atoms with van der Waals surface area (Å²) in [6, 6.07) is 7.59. The number of rotatable bonds is 4. The lowest BCUT2D eigenvalue weighted by Gasteiger charge is -2.01. The smallest absolute Gasteiger partial charge is 0.206 e. The van der Waals surface area contributed by atoms with Crippen LogP contribution in [0.5, 0.6) is 0 Å². The van der Waals surface area contributed by atoms with E-state index < -0.39 is 0 Å². The summed E-state index contributed by atoms with van der Waals surface area (Å²) in [5.41, 5.74) is 1.12. The van der Waals surface area contributed by atoms with Gasteiger partial charge >= 0.3 is 0 Å². The number of nitrogens with one attached hydrogen (secondary N) is 1. The predicted molar refractivity (Wildman–Crippen MR) is 64.6 cm³/mol. The van der Waals surface area contributed by atoms with Crippen LogP contribution >= 0.6 is 22.9 Å². The third kappa shape index (κ3) is 2.91. The molecule has 0 radical (unpaired) electrons. The molecule has 1 aromatic carbocycles. The van der Waals surface area contributed by atoms with Crippen LogP contribution in [-0.4, -0.2) is 15.3 Å². The topological polar surface area (TPSA) is 58.0 Å². The first kappa shape index (κ1) is 11.3. The second-order valence-electron chi connectivity index (χ2n) is 3.14. The van der Waals surface area contributed by atoms with Crippen molar-refractivity contribution in [2.45, 2.75) is 13.2 Å². The maximum absolute atomic E-state index is 8.83. The minimum Gasteiger partial charge on any atom is -0.389 e. The lowest BCUT2D eigenvalue weighted by Crippen LogP contribution is -1.98. The highest BCUT2D eigenvalue weighted by Crippen LogP contribution is 2.16. The van der Waals surface area contributed by atoms with Crippen molar-refractivity contribution in [1.82, 2.24) is 10.2 Å². The summed E-state index contributed by atoms with van der Waals surface area (Å²) in [4.78, 5) is 0. The fourth-order valence-electron chi connectivity index (χ4n) is 1.17. The standard InChI is InChI=1S/C10H10ClN3OS/c11-8-3-1-7(2-4-8)5-12-10-14-13-9(6-15)16-10/h1-4,15H,5-6H2,(H,12,14). The van der Waals surface area contributed by atoms with E-state index in [2.05, 4.69) is 15.5 Å². The quantitative estimate of drug-likeness (QED) is 0.880. The Labute approximate surface area is 102 Å². The Morgan fingerprint density at radius 2 is 2.00 bits per heavy atom. The summed E-state index contributed by atoms with van der Waals surface area (Å²) in [6.45, 7) is 0.595. The molecule has 0 bridgehead atoms. The third-order valence-corrected chi connectivity index (χ3v) is 3.08. The second-order valence-corrected chi connectivity index (χ2v) is 4.64. The molecule has 4 nitrogen and oxygen atoms in total. The van der Waals surface area contributed by atoms with Gasteiger partial charge in [0.15, 0.2) is 0 Å². The van der Waals surface area contributed by atoms with E-state index in [0.717, 1.165) is 10.6 Å². The summed E-state index contributed by atoms with van der Waals surface area (Å²) >= 11 is 7.13. The number of anilines is 1. The number of aliphatic hydroxyl groups is 1. The summed E-state index contributed by atoms with van der Waals surface area (Å²) in [6.07, 6.45) is 0. The molecule has 6 heteroatoms. The number of aromatic nitrogens is 2. The van der Waals surface area contributed by atoms with Gasteiger partial charge < -0.3 is 10.4 Å². The van der Waals surface area contributed by atoms with E-state index in [-0.39, 0.29) is 6.61 Å². The molecule has 0 aliphatic heterocycles. The number of nitrogens with zero attached hydrogens (tertiary/aromatic N) is 2. The van der Waals surface area contributed by atoms with Crippen LogP contribution in [0, 0.1) is 0 Å². The monoisotopic (exact) mass is 255 g/mol. The van der Waals surface area contributed by atoms with E-state index in [4.69, 9.17) is 16.7 Å². The molecule has 0 saturated heterocycles. The van der Waals surface area contributed by atoms with Crippen molar-refractivity contribution >= 4 is 28.1 Å². The molecule has 0 aliphatic carbocycles. The Hall–Kier alpha value is -1.17. The van der Waals surface area contributed by atoms with Gasteiger partial charge in [-0.05, 0) is 17.7 Å². The van der Waals surface area contributed by atoms with Gasteiger partial charge in [-0.25, -0.2) is 0 Å². The lowest BCUT2D eigenvalue weighted by molar-refractivity contribution is 0.280. The number of halogens is 1. The molecule has 16 heavy (non-hydrogen) atoms. The van der Waals surface area contributed by atoms with Crippen LogP contribution in [0.3, 0.4) is 0 Å². The van der Waals surface area contributed by atoms with Gasteiger partial charge in [0.1, 0.15) is 5.01 Å². The van der Waals surface area contributed by atoms with Crippen LogP contribution in [-0.2, 0) is 13.2 Å². The molecule has 2 rings (SSSR count). The molecule has 1 aromatic heterocycles. The normalized spacial score (nSPS) is 10.4. The SMILES string of the molecule is OCc1nnc(NCc2ccc(Cl)cc2)s1. The molecule has 0 spiro atoms. The van der Waals surface area contributed by atoms with Crippen LogP contribution in [0.2, 0.25) is 5.02 Å². The highest BCUT2D eigenvalue weighted by molar-refractivity contribution is 7.15. The molecule has 0 saturated carbocycles. The van der Waals surface area contributed by atoms with Crippen molar-refractivity contribution in [3.63, 3.8) is 0 Å². The first-order valence-corrected chi connectivity index (χ1v) is 5.89. The Morgan fingerprint density at radius 1 is 1.25 bits per heavy atom. The van der Waals surface area contributed by atoms with Gasteiger partial charge in [0, 0.05) is 11.6 Å². The fraction of sp³-hybridized carbons (Fsp3) is 0.200. The molecular weight excluding hydrogens is 246 g/mol. The Balaban J connectivity index is 1.94. The van der Waals surface area contributed by atoms with Gasteiger partial charge in [-0.1, -0.05) is 35.1 Å². The van der Waals surface area contributed by atoms with Gasteiger partial charge in [0.25, 0.3) is 0 Å². The minimum atomic E-state index is -0.0692. The molecule has 2 N–H and O–H groups in total. The van der Waals surface area contributed by atoms with Gasteiger partial charge in [0.2, 0.25) is 5.13 Å². The average molecular weight is 256 g/mol. The van der Waals surface area contributed by atoms with Crippen molar-refractivity contribution < 1.29 is 5.11 Å². The first-order valence-electron chi connectivity index (χ1n) is 4.69. The van der Waals surface area contributed by atoms with Crippen LogP contribution in [0.1, 0.15) is 10.6 Å². The van der Waals surface area contributed by atoms with Gasteiger partial charge in [-0.2, -0.15) is 0 Å². The number of aliphatic hydroxyl groups excluding tert-OH is 1. The molecule has 1 heterocycles. The number of hydrogen-bond acceptors (Lipinski definition) is 5. The third-order valence-electron chi connectivity index (χ3n) is 1.96. The summed E-state index contributed by atoms with van der Waals surface area (Å²) < 4.78 is 0. The van der Waals surface area contributed by atoms with E-state index in [1.165, 1.54) is 11.3 Å². The van der Waals surface area contributed by atoms with Gasteiger partial charge in [-0.15, -0.1) is 10.2 Å². The van der Waals surface area contributed by atoms with Crippen LogP contribution in [0.4, 0.5) is 5.13 Å². The Kier molecular flexibility index (Phi) is 3.71. The van der Waals surface area contributed by atoms with Gasteiger partial charge in [-0.3, -0.25) is 0 Å². The van der Waals surface area contributed by atoms with Crippen LogP contribution in [0.15, 0.2) is 24.3 Å². The van der Waals surface area contributed by atoms with E-state index in [9.17, 15) is 0 Å². The maximum Gasteiger partial charge on any atom is 0.206 e. The zero-order chi connectivity index (χ0) is 11.4. The Morgan fingerprint density at radius 3 is 2.62 bits per heavy atom. The van der Waals surface area contributed by atoms with Crippen molar-refractivity contribution in [2.24, 2.45) is 0 Å².